The fraction of sp³-hybridized carbons (Fsp3) is 0.238. The maximum atomic E-state index is 13.1. The molecule has 2 aromatic heterocycles. The molecule has 6 heteroatoms. The molecule has 0 aliphatic rings. The van der Waals surface area contributed by atoms with Crippen LogP contribution in [-0.4, -0.2) is 42.2 Å². The topological polar surface area (TPSA) is 60.5 Å². The summed E-state index contributed by atoms with van der Waals surface area (Å²) in [4.78, 5) is 19.7. The Balaban J connectivity index is 1.93. The minimum absolute atomic E-state index is 0.130. The predicted octanol–water partition coefficient (Wildman–Crippen LogP) is 3.38. The van der Waals surface area contributed by atoms with Crippen LogP contribution < -0.4 is 10.3 Å². The summed E-state index contributed by atoms with van der Waals surface area (Å²) in [5, 5.41) is 0.887. The molecule has 0 unspecified atom stereocenters. The normalized spacial score (nSPS) is 11.6. The smallest absolute Gasteiger partial charge is 0.280 e. The summed E-state index contributed by atoms with van der Waals surface area (Å²) in [6, 6.07) is 15.2. The molecule has 4 rings (SSSR count). The summed E-state index contributed by atoms with van der Waals surface area (Å²) in [5.74, 6) is 1.19. The second-order valence-electron chi connectivity index (χ2n) is 6.70. The minimum Gasteiger partial charge on any atom is -0.497 e. The molecule has 6 nitrogen and oxygen atoms in total. The molecular formula is C21H21N3O3. The molecule has 0 saturated carbocycles. The number of para-hydroxylation sites is 1. The van der Waals surface area contributed by atoms with Crippen LogP contribution in [0.4, 0.5) is 0 Å². The molecule has 0 radical (unpaired) electrons. The van der Waals surface area contributed by atoms with Crippen molar-refractivity contribution in [2.75, 3.05) is 27.7 Å². The van der Waals surface area contributed by atoms with Gasteiger partial charge in [-0.15, -0.1) is 0 Å². The summed E-state index contributed by atoms with van der Waals surface area (Å²) in [6.45, 7) is 1.35. The second kappa shape index (κ2) is 6.89. The first kappa shape index (κ1) is 17.3. The lowest BCUT2D eigenvalue weighted by atomic mass is 10.2. The highest BCUT2D eigenvalue weighted by molar-refractivity contribution is 6.01. The van der Waals surface area contributed by atoms with Crippen LogP contribution in [0.1, 0.15) is 0 Å². The van der Waals surface area contributed by atoms with Crippen molar-refractivity contribution in [3.8, 4) is 17.2 Å². The number of ether oxygens (including phenoxy) is 1. The summed E-state index contributed by atoms with van der Waals surface area (Å²) in [5.41, 5.74) is 2.42. The van der Waals surface area contributed by atoms with Gasteiger partial charge >= 0.3 is 0 Å². The van der Waals surface area contributed by atoms with Crippen LogP contribution in [-0.2, 0) is 6.54 Å². The third kappa shape index (κ3) is 3.08. The number of hydrogen-bond donors (Lipinski definition) is 0. The lowest BCUT2D eigenvalue weighted by Gasteiger charge is -2.13. The first-order valence-electron chi connectivity index (χ1n) is 8.79. The molecule has 0 bridgehead atoms. The van der Waals surface area contributed by atoms with Gasteiger partial charge in [0.25, 0.3) is 5.56 Å². The maximum Gasteiger partial charge on any atom is 0.280 e. The number of likely N-dealkylation sites (N-methyl/N-ethyl adjacent to an activating group) is 1. The highest BCUT2D eigenvalue weighted by atomic mass is 16.5. The van der Waals surface area contributed by atoms with Gasteiger partial charge in [-0.3, -0.25) is 4.79 Å². The Morgan fingerprint density at radius 2 is 1.85 bits per heavy atom. The second-order valence-corrected chi connectivity index (χ2v) is 6.70. The molecule has 0 aliphatic heterocycles. The molecule has 0 N–H and O–H groups in total. The Bertz CT molecular complexity index is 1160. The van der Waals surface area contributed by atoms with E-state index in [-0.39, 0.29) is 5.56 Å². The van der Waals surface area contributed by atoms with Crippen LogP contribution in [0.2, 0.25) is 0 Å². The molecule has 0 amide bonds. The zero-order chi connectivity index (χ0) is 19.0. The van der Waals surface area contributed by atoms with Crippen molar-refractivity contribution in [1.82, 2.24) is 14.5 Å². The van der Waals surface area contributed by atoms with E-state index < -0.39 is 0 Å². The molecule has 2 heterocycles. The third-order valence-corrected chi connectivity index (χ3v) is 4.62. The van der Waals surface area contributed by atoms with Crippen molar-refractivity contribution >= 4 is 22.0 Å². The molecule has 0 saturated heterocycles. The van der Waals surface area contributed by atoms with E-state index in [2.05, 4.69) is 9.88 Å². The van der Waals surface area contributed by atoms with Crippen LogP contribution in [0.25, 0.3) is 33.5 Å². The molecule has 0 spiro atoms. The van der Waals surface area contributed by atoms with E-state index in [0.29, 0.717) is 23.5 Å². The zero-order valence-electron chi connectivity index (χ0n) is 15.6. The summed E-state index contributed by atoms with van der Waals surface area (Å²) in [7, 11) is 5.60. The lowest BCUT2D eigenvalue weighted by molar-refractivity contribution is 0.384. The molecule has 2 aromatic carbocycles. The average Bonchev–Trinajstić information content (AvgIpc) is 3.14. The Hall–Kier alpha value is -3.12. The summed E-state index contributed by atoms with van der Waals surface area (Å²) < 4.78 is 13.0. The standard InChI is InChI=1S/C21H21N3O3/c1-23(2)12-13-24-17-7-5-4-6-16(17)19-18(21(24)25)22-20(27-19)14-8-10-15(26-3)11-9-14/h4-11H,12-13H2,1-3H3. The van der Waals surface area contributed by atoms with Crippen LogP contribution in [0.3, 0.4) is 0 Å². The number of benzene rings is 2. The quantitative estimate of drug-likeness (QED) is 0.544. The molecule has 27 heavy (non-hydrogen) atoms. The SMILES string of the molecule is COc1ccc(-c2nc3c(=O)n(CCN(C)C)c4ccccc4c3o2)cc1. The fourth-order valence-electron chi connectivity index (χ4n) is 3.16. The van der Waals surface area contributed by atoms with E-state index in [0.717, 1.165) is 28.8 Å². The van der Waals surface area contributed by atoms with Crippen molar-refractivity contribution in [2.45, 2.75) is 6.54 Å². The van der Waals surface area contributed by atoms with E-state index in [4.69, 9.17) is 9.15 Å². The van der Waals surface area contributed by atoms with Crippen molar-refractivity contribution in [2.24, 2.45) is 0 Å². The van der Waals surface area contributed by atoms with Crippen molar-refractivity contribution < 1.29 is 9.15 Å². The van der Waals surface area contributed by atoms with Crippen LogP contribution in [0.15, 0.2) is 57.7 Å². The highest BCUT2D eigenvalue weighted by Crippen LogP contribution is 2.29. The Labute approximate surface area is 156 Å². The van der Waals surface area contributed by atoms with Gasteiger partial charge in [-0.1, -0.05) is 12.1 Å². The van der Waals surface area contributed by atoms with Gasteiger partial charge < -0.3 is 18.6 Å². The fourth-order valence-corrected chi connectivity index (χ4v) is 3.16. The first-order chi connectivity index (χ1) is 13.1. The first-order valence-corrected chi connectivity index (χ1v) is 8.79. The van der Waals surface area contributed by atoms with Crippen molar-refractivity contribution in [1.29, 1.82) is 0 Å². The average molecular weight is 363 g/mol. The molecule has 138 valence electrons. The predicted molar refractivity (Wildman–Crippen MR) is 106 cm³/mol. The van der Waals surface area contributed by atoms with Gasteiger partial charge in [-0.05, 0) is 50.5 Å². The third-order valence-electron chi connectivity index (χ3n) is 4.62. The number of methoxy groups -OCH3 is 1. The van der Waals surface area contributed by atoms with E-state index in [1.54, 1.807) is 11.7 Å². The highest BCUT2D eigenvalue weighted by Gasteiger charge is 2.18. The van der Waals surface area contributed by atoms with Crippen LogP contribution in [0, 0.1) is 0 Å². The molecule has 0 fully saturated rings. The number of rotatable bonds is 5. The maximum absolute atomic E-state index is 13.1. The number of aromatic nitrogens is 2. The van der Waals surface area contributed by atoms with Gasteiger partial charge in [0, 0.05) is 24.0 Å². The molecule has 0 atom stereocenters. The zero-order valence-corrected chi connectivity index (χ0v) is 15.6. The summed E-state index contributed by atoms with van der Waals surface area (Å²) >= 11 is 0. The summed E-state index contributed by atoms with van der Waals surface area (Å²) in [6.07, 6.45) is 0. The molecule has 4 aromatic rings. The number of fused-ring (bicyclic) bond motifs is 3. The van der Waals surface area contributed by atoms with Gasteiger partial charge in [0.05, 0.1) is 12.6 Å². The van der Waals surface area contributed by atoms with Gasteiger partial charge in [0.2, 0.25) is 5.89 Å². The van der Waals surface area contributed by atoms with Crippen LogP contribution in [0.5, 0.6) is 5.75 Å². The van der Waals surface area contributed by atoms with Crippen LogP contribution >= 0.6 is 0 Å². The van der Waals surface area contributed by atoms with Gasteiger partial charge in [0.15, 0.2) is 11.1 Å². The Morgan fingerprint density at radius 1 is 1.11 bits per heavy atom. The van der Waals surface area contributed by atoms with E-state index in [9.17, 15) is 4.79 Å². The largest absolute Gasteiger partial charge is 0.497 e. The number of nitrogens with zero attached hydrogens (tertiary/aromatic N) is 3. The minimum atomic E-state index is -0.130. The van der Waals surface area contributed by atoms with E-state index in [1.807, 2.05) is 62.6 Å². The van der Waals surface area contributed by atoms with Crippen molar-refractivity contribution in [3.05, 3.63) is 58.9 Å². The Morgan fingerprint density at radius 3 is 2.56 bits per heavy atom. The molecule has 0 aliphatic carbocycles. The molecular weight excluding hydrogens is 342 g/mol. The van der Waals surface area contributed by atoms with E-state index in [1.165, 1.54) is 0 Å². The van der Waals surface area contributed by atoms with Gasteiger partial charge in [-0.25, -0.2) is 4.98 Å². The number of hydrogen-bond acceptors (Lipinski definition) is 5. The van der Waals surface area contributed by atoms with Crippen molar-refractivity contribution in [3.63, 3.8) is 0 Å². The lowest BCUT2D eigenvalue weighted by Crippen LogP contribution is -2.27. The van der Waals surface area contributed by atoms with E-state index >= 15 is 0 Å². The van der Waals surface area contributed by atoms with Gasteiger partial charge in [-0.2, -0.15) is 0 Å². The van der Waals surface area contributed by atoms with Gasteiger partial charge in [0.1, 0.15) is 5.75 Å². The number of oxazole rings is 1. The number of pyridine rings is 1. The monoisotopic (exact) mass is 363 g/mol. The Kier molecular flexibility index (Phi) is 4.41.